The SMILES string of the molecule is CCOC(=O)C(=O)CC(=O)/C=C/c1cccn1Cc1ccccc1OC. The van der Waals surface area contributed by atoms with Crippen LogP contribution < -0.4 is 4.74 Å². The molecule has 0 aliphatic rings. The van der Waals surface area contributed by atoms with Crippen LogP contribution in [0, 0.1) is 0 Å². The Bertz CT molecular complexity index is 819. The van der Waals surface area contributed by atoms with Crippen molar-refractivity contribution in [3.05, 3.63) is 59.9 Å². The molecule has 0 amide bonds. The van der Waals surface area contributed by atoms with E-state index >= 15 is 0 Å². The number of methoxy groups -OCH3 is 1. The maximum absolute atomic E-state index is 11.9. The van der Waals surface area contributed by atoms with E-state index in [2.05, 4.69) is 4.74 Å². The molecule has 0 spiro atoms. The van der Waals surface area contributed by atoms with Crippen LogP contribution in [0.1, 0.15) is 24.6 Å². The Morgan fingerprint density at radius 1 is 1.12 bits per heavy atom. The molecule has 0 N–H and O–H groups in total. The molecule has 0 aliphatic heterocycles. The maximum atomic E-state index is 11.9. The Hall–Kier alpha value is -3.15. The number of rotatable bonds is 9. The van der Waals surface area contributed by atoms with E-state index in [0.717, 1.165) is 17.0 Å². The molecule has 26 heavy (non-hydrogen) atoms. The summed E-state index contributed by atoms with van der Waals surface area (Å²) >= 11 is 0. The minimum atomic E-state index is -0.978. The molecule has 0 atom stereocenters. The van der Waals surface area contributed by atoms with Crippen LogP contribution in [0.2, 0.25) is 0 Å². The zero-order chi connectivity index (χ0) is 18.9. The van der Waals surface area contributed by atoms with Gasteiger partial charge >= 0.3 is 5.97 Å². The smallest absolute Gasteiger partial charge is 0.375 e. The lowest BCUT2D eigenvalue weighted by Gasteiger charge is -2.10. The predicted octanol–water partition coefficient (Wildman–Crippen LogP) is 2.65. The number of ether oxygens (including phenoxy) is 2. The molecule has 6 heteroatoms. The van der Waals surface area contributed by atoms with Gasteiger partial charge in [0, 0.05) is 17.5 Å². The minimum Gasteiger partial charge on any atom is -0.496 e. The van der Waals surface area contributed by atoms with E-state index in [0.29, 0.717) is 6.54 Å². The summed E-state index contributed by atoms with van der Waals surface area (Å²) in [5, 5.41) is 0. The van der Waals surface area contributed by atoms with E-state index in [9.17, 15) is 14.4 Å². The van der Waals surface area contributed by atoms with Crippen LogP contribution in [-0.4, -0.2) is 35.8 Å². The summed E-state index contributed by atoms with van der Waals surface area (Å²) in [7, 11) is 1.62. The highest BCUT2D eigenvalue weighted by Gasteiger charge is 2.17. The normalized spacial score (nSPS) is 10.7. The fourth-order valence-corrected chi connectivity index (χ4v) is 2.42. The number of esters is 1. The standard InChI is InChI=1S/C20H21NO5/c1-3-26-20(24)18(23)13-17(22)11-10-16-8-6-12-21(16)14-15-7-4-5-9-19(15)25-2/h4-12H,3,13-14H2,1-2H3/b11-10+. The monoisotopic (exact) mass is 355 g/mol. The first kappa shape index (κ1) is 19.2. The molecule has 136 valence electrons. The van der Waals surface area contributed by atoms with Crippen molar-refractivity contribution in [2.45, 2.75) is 19.9 Å². The summed E-state index contributed by atoms with van der Waals surface area (Å²) in [5.74, 6) is -1.49. The minimum absolute atomic E-state index is 0.102. The van der Waals surface area contributed by atoms with Crippen LogP contribution in [0.5, 0.6) is 5.75 Å². The summed E-state index contributed by atoms with van der Waals surface area (Å²) in [6.45, 7) is 2.28. The van der Waals surface area contributed by atoms with E-state index < -0.39 is 24.0 Å². The van der Waals surface area contributed by atoms with Gasteiger partial charge in [-0.25, -0.2) is 4.79 Å². The van der Waals surface area contributed by atoms with Crippen LogP contribution in [0.4, 0.5) is 0 Å². The van der Waals surface area contributed by atoms with Crippen molar-refractivity contribution in [1.29, 1.82) is 0 Å². The van der Waals surface area contributed by atoms with Gasteiger partial charge in [-0.15, -0.1) is 0 Å². The number of hydrogen-bond donors (Lipinski definition) is 0. The number of aromatic nitrogens is 1. The quantitative estimate of drug-likeness (QED) is 0.299. The first-order valence-corrected chi connectivity index (χ1v) is 8.23. The molecule has 1 heterocycles. The number of benzene rings is 1. The van der Waals surface area contributed by atoms with Crippen LogP contribution in [0.3, 0.4) is 0 Å². The molecule has 6 nitrogen and oxygen atoms in total. The average molecular weight is 355 g/mol. The van der Waals surface area contributed by atoms with Gasteiger partial charge in [-0.2, -0.15) is 0 Å². The summed E-state index contributed by atoms with van der Waals surface area (Å²) in [4.78, 5) is 34.7. The van der Waals surface area contributed by atoms with Crippen molar-refractivity contribution in [3.63, 3.8) is 0 Å². The largest absolute Gasteiger partial charge is 0.496 e. The third-order valence-electron chi connectivity index (χ3n) is 3.68. The van der Waals surface area contributed by atoms with E-state index in [4.69, 9.17) is 4.74 Å². The maximum Gasteiger partial charge on any atom is 0.375 e. The first-order chi connectivity index (χ1) is 12.5. The van der Waals surface area contributed by atoms with Crippen molar-refractivity contribution >= 4 is 23.6 Å². The molecule has 1 aromatic heterocycles. The molecular formula is C20H21NO5. The van der Waals surface area contributed by atoms with Crippen LogP contribution in [-0.2, 0) is 25.7 Å². The summed E-state index contributed by atoms with van der Waals surface area (Å²) < 4.78 is 11.9. The van der Waals surface area contributed by atoms with Gasteiger partial charge < -0.3 is 14.0 Å². The molecule has 0 fully saturated rings. The topological polar surface area (TPSA) is 74.6 Å². The fraction of sp³-hybridized carbons (Fsp3) is 0.250. The third-order valence-corrected chi connectivity index (χ3v) is 3.68. The number of hydrogen-bond acceptors (Lipinski definition) is 5. The highest BCUT2D eigenvalue weighted by Crippen LogP contribution is 2.19. The van der Waals surface area contributed by atoms with E-state index in [1.807, 2.05) is 47.2 Å². The Morgan fingerprint density at radius 2 is 1.88 bits per heavy atom. The van der Waals surface area contributed by atoms with Crippen molar-refractivity contribution in [2.75, 3.05) is 13.7 Å². The molecular weight excluding hydrogens is 334 g/mol. The summed E-state index contributed by atoms with van der Waals surface area (Å²) in [6.07, 6.45) is 4.31. The number of ketones is 2. The molecule has 0 radical (unpaired) electrons. The van der Waals surface area contributed by atoms with Gasteiger partial charge in [0.1, 0.15) is 5.75 Å². The van der Waals surface area contributed by atoms with Crippen molar-refractivity contribution in [2.24, 2.45) is 0 Å². The third kappa shape index (κ3) is 5.17. The number of carbonyl (C=O) groups excluding carboxylic acids is 3. The highest BCUT2D eigenvalue weighted by atomic mass is 16.5. The van der Waals surface area contributed by atoms with Gasteiger partial charge in [0.05, 0.1) is 26.7 Å². The van der Waals surface area contributed by atoms with E-state index in [1.165, 1.54) is 6.08 Å². The molecule has 0 saturated heterocycles. The second kappa shape index (κ2) is 9.36. The van der Waals surface area contributed by atoms with Crippen LogP contribution in [0.25, 0.3) is 6.08 Å². The van der Waals surface area contributed by atoms with E-state index in [1.54, 1.807) is 20.1 Å². The first-order valence-electron chi connectivity index (χ1n) is 8.23. The predicted molar refractivity (Wildman–Crippen MR) is 96.8 cm³/mol. The number of carbonyl (C=O) groups is 3. The van der Waals surface area contributed by atoms with Crippen molar-refractivity contribution in [1.82, 2.24) is 4.57 Å². The van der Waals surface area contributed by atoms with Crippen molar-refractivity contribution < 1.29 is 23.9 Å². The highest BCUT2D eigenvalue weighted by molar-refractivity contribution is 6.37. The lowest BCUT2D eigenvalue weighted by atomic mass is 10.1. The summed E-state index contributed by atoms with van der Waals surface area (Å²) in [6, 6.07) is 11.4. The van der Waals surface area contributed by atoms with Gasteiger partial charge in [0.15, 0.2) is 5.78 Å². The second-order valence-corrected chi connectivity index (χ2v) is 5.49. The summed E-state index contributed by atoms with van der Waals surface area (Å²) in [5.41, 5.74) is 1.80. The number of Topliss-reactive ketones (excluding diaryl/α,β-unsaturated/α-hetero) is 1. The van der Waals surface area contributed by atoms with Crippen LogP contribution >= 0.6 is 0 Å². The van der Waals surface area contributed by atoms with Gasteiger partial charge in [-0.05, 0) is 37.3 Å². The number of allylic oxidation sites excluding steroid dienone is 1. The fourth-order valence-electron chi connectivity index (χ4n) is 2.42. The zero-order valence-electron chi connectivity index (χ0n) is 14.8. The number of nitrogens with zero attached hydrogens (tertiary/aromatic N) is 1. The van der Waals surface area contributed by atoms with Crippen LogP contribution in [0.15, 0.2) is 48.7 Å². The lowest BCUT2D eigenvalue weighted by molar-refractivity contribution is -0.154. The molecule has 0 unspecified atom stereocenters. The van der Waals surface area contributed by atoms with Gasteiger partial charge in [-0.1, -0.05) is 18.2 Å². The molecule has 2 aromatic rings. The Balaban J connectivity index is 2.04. The van der Waals surface area contributed by atoms with E-state index in [-0.39, 0.29) is 6.61 Å². The second-order valence-electron chi connectivity index (χ2n) is 5.49. The Labute approximate surface area is 152 Å². The van der Waals surface area contributed by atoms with Gasteiger partial charge in [0.25, 0.3) is 0 Å². The lowest BCUT2D eigenvalue weighted by Crippen LogP contribution is -2.19. The Morgan fingerprint density at radius 3 is 2.62 bits per heavy atom. The molecule has 0 bridgehead atoms. The molecule has 2 rings (SSSR count). The van der Waals surface area contributed by atoms with Gasteiger partial charge in [0.2, 0.25) is 5.78 Å². The zero-order valence-corrected chi connectivity index (χ0v) is 14.8. The van der Waals surface area contributed by atoms with Crippen molar-refractivity contribution in [3.8, 4) is 5.75 Å². The number of para-hydroxylation sites is 1. The molecule has 0 saturated carbocycles. The average Bonchev–Trinajstić information content (AvgIpc) is 3.07. The van der Waals surface area contributed by atoms with Gasteiger partial charge in [-0.3, -0.25) is 9.59 Å². The molecule has 1 aromatic carbocycles. The Kier molecular flexibility index (Phi) is 6.91. The molecule has 0 aliphatic carbocycles.